The molecule has 2 rings (SSSR count). The Bertz CT molecular complexity index is 613. The van der Waals surface area contributed by atoms with E-state index in [0.29, 0.717) is 29.2 Å². The molecule has 0 saturated heterocycles. The first-order chi connectivity index (χ1) is 9.87. The summed E-state index contributed by atoms with van der Waals surface area (Å²) in [4.78, 5) is 4.18. The molecule has 0 fully saturated rings. The Hall–Kier alpha value is -1.05. The Morgan fingerprint density at radius 1 is 1.33 bits per heavy atom. The van der Waals surface area contributed by atoms with Crippen LogP contribution in [0.5, 0.6) is 0 Å². The van der Waals surface area contributed by atoms with Gasteiger partial charge in [0.1, 0.15) is 18.9 Å². The molecule has 1 heterocycles. The van der Waals surface area contributed by atoms with Gasteiger partial charge in [-0.1, -0.05) is 19.6 Å². The quantitative estimate of drug-likeness (QED) is 0.565. The normalized spacial score (nSPS) is 11.9. The third-order valence-electron chi connectivity index (χ3n) is 3.00. The van der Waals surface area contributed by atoms with E-state index < -0.39 is 8.07 Å². The molecule has 2 aromatic rings. The van der Waals surface area contributed by atoms with Crippen molar-refractivity contribution in [1.29, 1.82) is 0 Å². The standard InChI is InChI=1S/C14H19BrFN3OSi/c1-21(2,3)7-6-20-10-19-14(17-9-18-19)11-4-5-12(15)13(16)8-11/h4-5,8-9H,6-7,10H2,1-3H3. The van der Waals surface area contributed by atoms with Crippen LogP contribution >= 0.6 is 15.9 Å². The van der Waals surface area contributed by atoms with Crippen LogP contribution in [0.4, 0.5) is 4.39 Å². The van der Waals surface area contributed by atoms with Gasteiger partial charge in [-0.25, -0.2) is 14.1 Å². The highest BCUT2D eigenvalue weighted by atomic mass is 79.9. The number of ether oxygens (including phenoxy) is 1. The summed E-state index contributed by atoms with van der Waals surface area (Å²) in [6, 6.07) is 6.00. The minimum absolute atomic E-state index is 0.318. The Morgan fingerprint density at radius 3 is 2.76 bits per heavy atom. The number of rotatable bonds is 6. The van der Waals surface area contributed by atoms with Crippen LogP contribution in [0.15, 0.2) is 29.0 Å². The average Bonchev–Trinajstić information content (AvgIpc) is 2.85. The number of hydrogen-bond donors (Lipinski definition) is 0. The Balaban J connectivity index is 2.03. The minimum Gasteiger partial charge on any atom is -0.359 e. The molecule has 21 heavy (non-hydrogen) atoms. The predicted molar refractivity (Wildman–Crippen MR) is 87.2 cm³/mol. The van der Waals surface area contributed by atoms with Gasteiger partial charge in [0.05, 0.1) is 4.47 Å². The van der Waals surface area contributed by atoms with Gasteiger partial charge in [-0.3, -0.25) is 0 Å². The summed E-state index contributed by atoms with van der Waals surface area (Å²) in [5, 5.41) is 4.14. The predicted octanol–water partition coefficient (Wildman–Crippen LogP) is 4.16. The van der Waals surface area contributed by atoms with Gasteiger partial charge in [-0.2, -0.15) is 5.10 Å². The van der Waals surface area contributed by atoms with E-state index in [1.807, 2.05) is 0 Å². The Labute approximate surface area is 133 Å². The van der Waals surface area contributed by atoms with Crippen LogP contribution in [-0.4, -0.2) is 29.4 Å². The topological polar surface area (TPSA) is 39.9 Å². The summed E-state index contributed by atoms with van der Waals surface area (Å²) in [6.07, 6.45) is 1.46. The third kappa shape index (κ3) is 4.72. The summed E-state index contributed by atoms with van der Waals surface area (Å²) in [5.41, 5.74) is 0.682. The van der Waals surface area contributed by atoms with Crippen LogP contribution in [0, 0.1) is 5.82 Å². The van der Waals surface area contributed by atoms with Gasteiger partial charge in [0.2, 0.25) is 0 Å². The molecule has 0 N–H and O–H groups in total. The van der Waals surface area contributed by atoms with Gasteiger partial charge in [0.15, 0.2) is 5.82 Å². The number of aromatic nitrogens is 3. The van der Waals surface area contributed by atoms with Crippen LogP contribution in [0.25, 0.3) is 11.4 Å². The van der Waals surface area contributed by atoms with E-state index in [-0.39, 0.29) is 5.82 Å². The number of nitrogens with zero attached hydrogens (tertiary/aromatic N) is 3. The van der Waals surface area contributed by atoms with Gasteiger partial charge < -0.3 is 4.74 Å². The van der Waals surface area contributed by atoms with Crippen LogP contribution in [-0.2, 0) is 11.5 Å². The van der Waals surface area contributed by atoms with Crippen molar-refractivity contribution >= 4 is 24.0 Å². The lowest BCUT2D eigenvalue weighted by Crippen LogP contribution is -2.22. The van der Waals surface area contributed by atoms with Crippen molar-refractivity contribution in [2.75, 3.05) is 6.61 Å². The number of benzene rings is 1. The molecule has 7 heteroatoms. The van der Waals surface area contributed by atoms with Crippen LogP contribution in [0.3, 0.4) is 0 Å². The van der Waals surface area contributed by atoms with Gasteiger partial charge in [-0.05, 0) is 40.2 Å². The number of hydrogen-bond acceptors (Lipinski definition) is 3. The van der Waals surface area contributed by atoms with Gasteiger partial charge in [0, 0.05) is 20.2 Å². The second kappa shape index (κ2) is 6.80. The minimum atomic E-state index is -1.10. The van der Waals surface area contributed by atoms with Crippen molar-refractivity contribution in [1.82, 2.24) is 14.8 Å². The molecular formula is C14H19BrFN3OSi. The molecule has 0 bridgehead atoms. The average molecular weight is 372 g/mol. The molecule has 0 amide bonds. The lowest BCUT2D eigenvalue weighted by molar-refractivity contribution is 0.0796. The molecule has 0 spiro atoms. The van der Waals surface area contributed by atoms with Gasteiger partial charge in [-0.15, -0.1) is 0 Å². The highest BCUT2D eigenvalue weighted by molar-refractivity contribution is 9.10. The molecule has 0 unspecified atom stereocenters. The van der Waals surface area contributed by atoms with E-state index >= 15 is 0 Å². The molecule has 0 aliphatic carbocycles. The lowest BCUT2D eigenvalue weighted by atomic mass is 10.2. The molecule has 0 aliphatic heterocycles. The van der Waals surface area contributed by atoms with Crippen LogP contribution < -0.4 is 0 Å². The SMILES string of the molecule is C[Si](C)(C)CCOCn1ncnc1-c1ccc(Br)c(F)c1. The van der Waals surface area contributed by atoms with Crippen molar-refractivity contribution < 1.29 is 9.13 Å². The van der Waals surface area contributed by atoms with E-state index in [1.54, 1.807) is 16.8 Å². The zero-order valence-electron chi connectivity index (χ0n) is 12.4. The highest BCUT2D eigenvalue weighted by Crippen LogP contribution is 2.23. The zero-order chi connectivity index (χ0) is 15.5. The van der Waals surface area contributed by atoms with Crippen molar-refractivity contribution in [2.24, 2.45) is 0 Å². The van der Waals surface area contributed by atoms with E-state index in [4.69, 9.17) is 4.74 Å². The highest BCUT2D eigenvalue weighted by Gasteiger charge is 2.13. The maximum absolute atomic E-state index is 13.6. The maximum atomic E-state index is 13.6. The summed E-state index contributed by atoms with van der Waals surface area (Å²) in [5.74, 6) is 0.288. The van der Waals surface area contributed by atoms with E-state index in [2.05, 4.69) is 45.7 Å². The molecule has 1 aromatic heterocycles. The molecule has 0 aliphatic rings. The van der Waals surface area contributed by atoms with Crippen molar-refractivity contribution in [3.05, 3.63) is 34.8 Å². The first-order valence-corrected chi connectivity index (χ1v) is 11.3. The smallest absolute Gasteiger partial charge is 0.160 e. The van der Waals surface area contributed by atoms with E-state index in [9.17, 15) is 4.39 Å². The summed E-state index contributed by atoms with van der Waals surface area (Å²) >= 11 is 3.14. The fraction of sp³-hybridized carbons (Fsp3) is 0.429. The Morgan fingerprint density at radius 2 is 2.10 bits per heavy atom. The second-order valence-electron chi connectivity index (χ2n) is 6.06. The van der Waals surface area contributed by atoms with Crippen molar-refractivity contribution in [3.8, 4) is 11.4 Å². The first-order valence-electron chi connectivity index (χ1n) is 6.78. The largest absolute Gasteiger partial charge is 0.359 e. The molecule has 114 valence electrons. The molecular weight excluding hydrogens is 353 g/mol. The van der Waals surface area contributed by atoms with Crippen molar-refractivity contribution in [2.45, 2.75) is 32.4 Å². The molecule has 4 nitrogen and oxygen atoms in total. The Kier molecular flexibility index (Phi) is 5.29. The zero-order valence-corrected chi connectivity index (χ0v) is 15.0. The molecule has 0 atom stereocenters. The summed E-state index contributed by atoms with van der Waals surface area (Å²) in [7, 11) is -1.10. The lowest BCUT2D eigenvalue weighted by Gasteiger charge is -2.15. The number of halogens is 2. The van der Waals surface area contributed by atoms with E-state index in [0.717, 1.165) is 6.04 Å². The van der Waals surface area contributed by atoms with E-state index in [1.165, 1.54) is 12.4 Å². The van der Waals surface area contributed by atoms with Gasteiger partial charge >= 0.3 is 0 Å². The summed E-state index contributed by atoms with van der Waals surface area (Å²) < 4.78 is 21.4. The van der Waals surface area contributed by atoms with Crippen LogP contribution in [0.2, 0.25) is 25.7 Å². The second-order valence-corrected chi connectivity index (χ2v) is 12.5. The third-order valence-corrected chi connectivity index (χ3v) is 5.35. The molecule has 1 aromatic carbocycles. The molecule has 0 saturated carbocycles. The molecule has 0 radical (unpaired) electrons. The fourth-order valence-corrected chi connectivity index (χ4v) is 2.75. The van der Waals surface area contributed by atoms with Crippen molar-refractivity contribution in [3.63, 3.8) is 0 Å². The first kappa shape index (κ1) is 16.3. The summed E-state index contributed by atoms with van der Waals surface area (Å²) in [6.45, 7) is 7.97. The van der Waals surface area contributed by atoms with Gasteiger partial charge in [0.25, 0.3) is 0 Å². The van der Waals surface area contributed by atoms with Crippen LogP contribution in [0.1, 0.15) is 0 Å². The monoisotopic (exact) mass is 371 g/mol. The fourth-order valence-electron chi connectivity index (χ4n) is 1.75. The maximum Gasteiger partial charge on any atom is 0.160 e.